The molecule has 0 aliphatic heterocycles. The summed E-state index contributed by atoms with van der Waals surface area (Å²) < 4.78 is 0. The molecule has 1 aromatic carbocycles. The molecule has 3 rings (SSSR count). The highest BCUT2D eigenvalue weighted by Crippen LogP contribution is 2.49. The van der Waals surface area contributed by atoms with Gasteiger partial charge in [0.1, 0.15) is 0 Å². The summed E-state index contributed by atoms with van der Waals surface area (Å²) in [5, 5.41) is 3.74. The van der Waals surface area contributed by atoms with Crippen molar-refractivity contribution in [3.05, 3.63) is 29.8 Å². The number of nitrogen functional groups attached to an aromatic ring is 1. The Morgan fingerprint density at radius 1 is 1.32 bits per heavy atom. The fourth-order valence-electron chi connectivity index (χ4n) is 4.25. The van der Waals surface area contributed by atoms with Crippen molar-refractivity contribution < 1.29 is 0 Å². The van der Waals surface area contributed by atoms with Gasteiger partial charge in [0, 0.05) is 11.7 Å². The van der Waals surface area contributed by atoms with Crippen molar-refractivity contribution in [2.45, 2.75) is 45.1 Å². The van der Waals surface area contributed by atoms with Crippen LogP contribution < -0.4 is 11.1 Å². The lowest BCUT2D eigenvalue weighted by atomic mass is 9.84. The molecule has 0 saturated heterocycles. The third-order valence-corrected chi connectivity index (χ3v) is 5.27. The third kappa shape index (κ3) is 2.94. The summed E-state index contributed by atoms with van der Waals surface area (Å²) in [4.78, 5) is 0. The first-order valence-corrected chi connectivity index (χ1v) is 7.80. The highest BCUT2D eigenvalue weighted by Gasteiger charge is 2.41. The zero-order chi connectivity index (χ0) is 13.2. The fourth-order valence-corrected chi connectivity index (χ4v) is 4.25. The molecular weight excluding hydrogens is 232 g/mol. The van der Waals surface area contributed by atoms with Gasteiger partial charge < -0.3 is 11.1 Å². The van der Waals surface area contributed by atoms with Crippen LogP contribution in [0.15, 0.2) is 24.3 Å². The van der Waals surface area contributed by atoms with E-state index in [0.29, 0.717) is 6.04 Å². The topological polar surface area (TPSA) is 38.0 Å². The van der Waals surface area contributed by atoms with E-state index in [4.69, 9.17) is 5.73 Å². The Hall–Kier alpha value is -1.02. The highest BCUT2D eigenvalue weighted by molar-refractivity contribution is 5.40. The molecule has 2 heteroatoms. The molecule has 2 saturated carbocycles. The molecule has 3 N–H and O–H groups in total. The molecular formula is C17H26N2. The number of hydrogen-bond donors (Lipinski definition) is 2. The van der Waals surface area contributed by atoms with Crippen LogP contribution in [0.1, 0.15) is 38.2 Å². The van der Waals surface area contributed by atoms with Crippen molar-refractivity contribution in [1.29, 1.82) is 0 Å². The molecule has 0 radical (unpaired) electrons. The quantitative estimate of drug-likeness (QED) is 0.796. The largest absolute Gasteiger partial charge is 0.399 e. The third-order valence-electron chi connectivity index (χ3n) is 5.27. The first-order chi connectivity index (χ1) is 9.22. The van der Waals surface area contributed by atoms with E-state index in [-0.39, 0.29) is 0 Å². The van der Waals surface area contributed by atoms with E-state index in [2.05, 4.69) is 24.4 Å². The Bertz CT molecular complexity index is 429. The second kappa shape index (κ2) is 5.54. The monoisotopic (exact) mass is 258 g/mol. The SMILES string of the molecule is CC(NCCc1cccc(N)c1)C1CC2CCC1C2. The Labute approximate surface area is 116 Å². The highest BCUT2D eigenvalue weighted by atomic mass is 14.9. The van der Waals surface area contributed by atoms with E-state index in [1.54, 1.807) is 0 Å². The van der Waals surface area contributed by atoms with Crippen LogP contribution >= 0.6 is 0 Å². The number of nitrogens with two attached hydrogens (primary N) is 1. The van der Waals surface area contributed by atoms with Gasteiger partial charge in [0.05, 0.1) is 0 Å². The summed E-state index contributed by atoms with van der Waals surface area (Å²) in [6.07, 6.45) is 7.03. The molecule has 2 bridgehead atoms. The normalized spacial score (nSPS) is 30.7. The molecule has 4 atom stereocenters. The average Bonchev–Trinajstić information content (AvgIpc) is 3.01. The number of hydrogen-bond acceptors (Lipinski definition) is 2. The van der Waals surface area contributed by atoms with Crippen LogP contribution in [0, 0.1) is 17.8 Å². The number of nitrogens with one attached hydrogen (secondary N) is 1. The van der Waals surface area contributed by atoms with Crippen molar-refractivity contribution in [1.82, 2.24) is 5.32 Å². The number of rotatable bonds is 5. The van der Waals surface area contributed by atoms with E-state index in [0.717, 1.165) is 36.4 Å². The van der Waals surface area contributed by atoms with Crippen molar-refractivity contribution in [3.63, 3.8) is 0 Å². The van der Waals surface area contributed by atoms with Crippen molar-refractivity contribution in [2.75, 3.05) is 12.3 Å². The lowest BCUT2D eigenvalue weighted by molar-refractivity contribution is 0.261. The number of anilines is 1. The maximum atomic E-state index is 5.81. The minimum absolute atomic E-state index is 0.677. The Kier molecular flexibility index (Phi) is 3.79. The van der Waals surface area contributed by atoms with E-state index in [1.165, 1.54) is 31.2 Å². The minimum Gasteiger partial charge on any atom is -0.399 e. The standard InChI is InChI=1S/C17H26N2/c1-12(17-11-14-5-6-15(17)9-14)19-8-7-13-3-2-4-16(18)10-13/h2-4,10,12,14-15,17,19H,5-9,11,18H2,1H3. The van der Waals surface area contributed by atoms with Crippen molar-refractivity contribution in [3.8, 4) is 0 Å². The fraction of sp³-hybridized carbons (Fsp3) is 0.647. The first-order valence-electron chi connectivity index (χ1n) is 7.80. The average molecular weight is 258 g/mol. The lowest BCUT2D eigenvalue weighted by Crippen LogP contribution is -2.37. The second-order valence-electron chi connectivity index (χ2n) is 6.58. The zero-order valence-corrected chi connectivity index (χ0v) is 11.9. The van der Waals surface area contributed by atoms with Gasteiger partial charge in [-0.25, -0.2) is 0 Å². The predicted molar refractivity (Wildman–Crippen MR) is 81.0 cm³/mol. The summed E-state index contributed by atoms with van der Waals surface area (Å²) in [6, 6.07) is 8.93. The molecule has 104 valence electrons. The lowest BCUT2D eigenvalue weighted by Gasteiger charge is -2.28. The predicted octanol–water partition coefficient (Wildman–Crippen LogP) is 3.23. The van der Waals surface area contributed by atoms with Gasteiger partial charge in [-0.15, -0.1) is 0 Å². The molecule has 2 fully saturated rings. The Balaban J connectivity index is 1.45. The summed E-state index contributed by atoms with van der Waals surface area (Å²) in [5.74, 6) is 2.99. The van der Waals surface area contributed by atoms with Crippen LogP contribution in [-0.4, -0.2) is 12.6 Å². The second-order valence-corrected chi connectivity index (χ2v) is 6.58. The van der Waals surface area contributed by atoms with Gasteiger partial charge in [-0.3, -0.25) is 0 Å². The van der Waals surface area contributed by atoms with Gasteiger partial charge in [-0.1, -0.05) is 18.6 Å². The number of fused-ring (bicyclic) bond motifs is 2. The Morgan fingerprint density at radius 3 is 2.89 bits per heavy atom. The van der Waals surface area contributed by atoms with Crippen LogP contribution in [0.25, 0.3) is 0 Å². The summed E-state index contributed by atoms with van der Waals surface area (Å²) in [6.45, 7) is 3.45. The van der Waals surface area contributed by atoms with E-state index >= 15 is 0 Å². The van der Waals surface area contributed by atoms with Crippen molar-refractivity contribution in [2.24, 2.45) is 17.8 Å². The summed E-state index contributed by atoms with van der Waals surface area (Å²) in [5.41, 5.74) is 8.02. The van der Waals surface area contributed by atoms with Crippen LogP contribution in [0.3, 0.4) is 0 Å². The molecule has 0 spiro atoms. The maximum Gasteiger partial charge on any atom is 0.0316 e. The zero-order valence-electron chi connectivity index (χ0n) is 11.9. The van der Waals surface area contributed by atoms with E-state index in [9.17, 15) is 0 Å². The molecule has 0 amide bonds. The van der Waals surface area contributed by atoms with Crippen LogP contribution in [-0.2, 0) is 6.42 Å². The van der Waals surface area contributed by atoms with Gasteiger partial charge in [0.15, 0.2) is 0 Å². The molecule has 0 heterocycles. The van der Waals surface area contributed by atoms with Crippen LogP contribution in [0.2, 0.25) is 0 Å². The summed E-state index contributed by atoms with van der Waals surface area (Å²) >= 11 is 0. The van der Waals surface area contributed by atoms with Gasteiger partial charge in [-0.05, 0) is 74.6 Å². The molecule has 2 nitrogen and oxygen atoms in total. The molecule has 2 aliphatic carbocycles. The smallest absolute Gasteiger partial charge is 0.0316 e. The van der Waals surface area contributed by atoms with Gasteiger partial charge in [0.25, 0.3) is 0 Å². The minimum atomic E-state index is 0.677. The summed E-state index contributed by atoms with van der Waals surface area (Å²) in [7, 11) is 0. The molecule has 2 aliphatic rings. The number of benzene rings is 1. The Morgan fingerprint density at radius 2 is 2.21 bits per heavy atom. The van der Waals surface area contributed by atoms with Gasteiger partial charge in [-0.2, -0.15) is 0 Å². The van der Waals surface area contributed by atoms with E-state index < -0.39 is 0 Å². The maximum absolute atomic E-state index is 5.81. The van der Waals surface area contributed by atoms with E-state index in [1.807, 2.05) is 12.1 Å². The first kappa shape index (κ1) is 13.0. The van der Waals surface area contributed by atoms with Gasteiger partial charge in [0.2, 0.25) is 0 Å². The molecule has 1 aromatic rings. The molecule has 19 heavy (non-hydrogen) atoms. The van der Waals surface area contributed by atoms with Gasteiger partial charge >= 0.3 is 0 Å². The van der Waals surface area contributed by atoms with Crippen LogP contribution in [0.5, 0.6) is 0 Å². The van der Waals surface area contributed by atoms with Crippen LogP contribution in [0.4, 0.5) is 5.69 Å². The molecule has 4 unspecified atom stereocenters. The van der Waals surface area contributed by atoms with Crippen molar-refractivity contribution >= 4 is 5.69 Å². The molecule has 0 aromatic heterocycles.